The van der Waals surface area contributed by atoms with Gasteiger partial charge in [-0.2, -0.15) is 10.6 Å². The van der Waals surface area contributed by atoms with Gasteiger partial charge in [-0.15, -0.1) is 0 Å². The first-order valence-corrected chi connectivity index (χ1v) is 12.4. The Morgan fingerprint density at radius 1 is 1.03 bits per heavy atom. The van der Waals surface area contributed by atoms with E-state index in [1.807, 2.05) is 49.4 Å². The van der Waals surface area contributed by atoms with E-state index >= 15 is 0 Å². The molecule has 5 rings (SSSR count). The first-order valence-electron chi connectivity index (χ1n) is 10.7. The van der Waals surface area contributed by atoms with Gasteiger partial charge in [-0.05, 0) is 47.4 Å². The second-order valence-corrected chi connectivity index (χ2v) is 10.5. The topological polar surface area (TPSA) is 111 Å². The van der Waals surface area contributed by atoms with Crippen LogP contribution in [0.25, 0.3) is 0 Å². The molecule has 8 heteroatoms. The standard InChI is InChI=1S/C25H25N3O4S/c1-15(16-5-3-2-4-6-16)27-25(30)28-20-9-10-21-22(12-20)33(31,32)24(23(21)29)17-7-8-18-13-26-14-19(18)11-17/h2-12,15,24,26,31-32H,13-14H2,1H3,(H2,27,28,30). The van der Waals surface area contributed by atoms with E-state index in [9.17, 15) is 18.7 Å². The highest BCUT2D eigenvalue weighted by atomic mass is 32.3. The fourth-order valence-corrected chi connectivity index (χ4v) is 6.48. The van der Waals surface area contributed by atoms with Crippen LogP contribution < -0.4 is 16.0 Å². The molecule has 5 N–H and O–H groups in total. The molecule has 0 saturated carbocycles. The second kappa shape index (κ2) is 8.31. The number of urea groups is 1. The highest BCUT2D eigenvalue weighted by Crippen LogP contribution is 2.67. The summed E-state index contributed by atoms with van der Waals surface area (Å²) in [5.41, 5.74) is 4.45. The summed E-state index contributed by atoms with van der Waals surface area (Å²) in [5, 5.41) is 7.81. The average molecular weight is 464 g/mol. The van der Waals surface area contributed by atoms with Crippen molar-refractivity contribution in [3.05, 3.63) is 94.5 Å². The molecule has 2 aliphatic rings. The minimum absolute atomic E-state index is 0.171. The van der Waals surface area contributed by atoms with Crippen molar-refractivity contribution in [3.63, 3.8) is 0 Å². The smallest absolute Gasteiger partial charge is 0.319 e. The number of ketones is 1. The zero-order valence-electron chi connectivity index (χ0n) is 18.0. The summed E-state index contributed by atoms with van der Waals surface area (Å²) in [7, 11) is -3.43. The summed E-state index contributed by atoms with van der Waals surface area (Å²) in [4.78, 5) is 25.8. The summed E-state index contributed by atoms with van der Waals surface area (Å²) < 4.78 is 22.2. The molecule has 2 atom stereocenters. The lowest BCUT2D eigenvalue weighted by Crippen LogP contribution is -2.31. The first kappa shape index (κ1) is 21.7. The van der Waals surface area contributed by atoms with Crippen molar-refractivity contribution < 1.29 is 18.7 Å². The quantitative estimate of drug-likeness (QED) is 0.364. The van der Waals surface area contributed by atoms with Crippen LogP contribution in [0.2, 0.25) is 0 Å². The molecule has 0 bridgehead atoms. The molecule has 3 aromatic carbocycles. The van der Waals surface area contributed by atoms with Crippen LogP contribution in [0.4, 0.5) is 10.5 Å². The summed E-state index contributed by atoms with van der Waals surface area (Å²) in [6, 6.07) is 19.2. The Kier molecular flexibility index (Phi) is 5.46. The van der Waals surface area contributed by atoms with E-state index in [4.69, 9.17) is 0 Å². The van der Waals surface area contributed by atoms with Crippen LogP contribution in [0.15, 0.2) is 71.6 Å². The summed E-state index contributed by atoms with van der Waals surface area (Å²) in [6.07, 6.45) is 0. The van der Waals surface area contributed by atoms with E-state index in [2.05, 4.69) is 16.0 Å². The van der Waals surface area contributed by atoms with E-state index in [1.54, 1.807) is 18.2 Å². The number of carbonyl (C=O) groups excluding carboxylic acids is 2. The monoisotopic (exact) mass is 463 g/mol. The van der Waals surface area contributed by atoms with Crippen LogP contribution in [0, 0.1) is 0 Å². The zero-order chi connectivity index (χ0) is 23.2. The van der Waals surface area contributed by atoms with Crippen molar-refractivity contribution >= 4 is 28.1 Å². The molecule has 7 nitrogen and oxygen atoms in total. The Bertz CT molecular complexity index is 1250. The molecular weight excluding hydrogens is 438 g/mol. The molecule has 2 amide bonds. The van der Waals surface area contributed by atoms with Crippen LogP contribution in [0.5, 0.6) is 0 Å². The number of rotatable bonds is 4. The number of hydrogen-bond donors (Lipinski definition) is 5. The number of anilines is 1. The van der Waals surface area contributed by atoms with Crippen molar-refractivity contribution in [3.8, 4) is 0 Å². The fraction of sp³-hybridized carbons (Fsp3) is 0.200. The van der Waals surface area contributed by atoms with Crippen molar-refractivity contribution in [2.75, 3.05) is 5.32 Å². The molecular formula is C25H25N3O4S. The van der Waals surface area contributed by atoms with Crippen LogP contribution in [0.3, 0.4) is 0 Å². The van der Waals surface area contributed by atoms with Gasteiger partial charge < -0.3 is 16.0 Å². The predicted octanol–water partition coefficient (Wildman–Crippen LogP) is 5.22. The Balaban J connectivity index is 1.37. The molecule has 2 heterocycles. The number of Topliss-reactive ketones (excluding diaryl/α,β-unsaturated/α-hetero) is 1. The third kappa shape index (κ3) is 3.91. The maximum absolute atomic E-state index is 13.1. The number of hydrogen-bond acceptors (Lipinski definition) is 5. The largest absolute Gasteiger partial charge is 0.331 e. The van der Waals surface area contributed by atoms with E-state index in [-0.39, 0.29) is 22.3 Å². The Morgan fingerprint density at radius 3 is 2.58 bits per heavy atom. The fourth-order valence-electron chi connectivity index (χ4n) is 4.48. The van der Waals surface area contributed by atoms with Gasteiger partial charge in [0.05, 0.1) is 10.9 Å². The Hall–Kier alpha value is -3.17. The van der Waals surface area contributed by atoms with Crippen molar-refractivity contribution in [2.45, 2.75) is 36.2 Å². The number of benzene rings is 3. The second-order valence-electron chi connectivity index (χ2n) is 8.41. The number of fused-ring (bicyclic) bond motifs is 2. The molecule has 2 aliphatic heterocycles. The van der Waals surface area contributed by atoms with Gasteiger partial charge in [0, 0.05) is 24.3 Å². The van der Waals surface area contributed by atoms with Crippen LogP contribution >= 0.6 is 10.6 Å². The summed E-state index contributed by atoms with van der Waals surface area (Å²) in [6.45, 7) is 3.34. The predicted molar refractivity (Wildman–Crippen MR) is 129 cm³/mol. The molecule has 0 saturated heterocycles. The van der Waals surface area contributed by atoms with Gasteiger partial charge in [0.2, 0.25) is 0 Å². The van der Waals surface area contributed by atoms with Gasteiger partial charge in [-0.1, -0.05) is 48.5 Å². The molecule has 0 aromatic heterocycles. The zero-order valence-corrected chi connectivity index (χ0v) is 18.9. The SMILES string of the molecule is CC(NC(=O)Nc1ccc2c(c1)S(O)(O)C(c1ccc3c(c1)CNC3)C2=O)c1ccccc1. The van der Waals surface area contributed by atoms with Gasteiger partial charge in [0.1, 0.15) is 5.25 Å². The van der Waals surface area contributed by atoms with Gasteiger partial charge in [-0.3, -0.25) is 13.9 Å². The number of nitrogens with one attached hydrogen (secondary N) is 3. The lowest BCUT2D eigenvalue weighted by molar-refractivity contribution is 0.0988. The van der Waals surface area contributed by atoms with E-state index in [0.29, 0.717) is 17.8 Å². The molecule has 0 spiro atoms. The van der Waals surface area contributed by atoms with Gasteiger partial charge in [0.15, 0.2) is 5.78 Å². The first-order chi connectivity index (χ1) is 15.8. The van der Waals surface area contributed by atoms with Crippen LogP contribution in [0.1, 0.15) is 50.8 Å². The van der Waals surface area contributed by atoms with Gasteiger partial charge >= 0.3 is 6.03 Å². The van der Waals surface area contributed by atoms with Crippen LogP contribution in [-0.4, -0.2) is 20.9 Å². The molecule has 2 unspecified atom stereocenters. The molecule has 170 valence electrons. The molecule has 0 fully saturated rings. The highest BCUT2D eigenvalue weighted by molar-refractivity contribution is 8.25. The van der Waals surface area contributed by atoms with E-state index in [0.717, 1.165) is 23.2 Å². The Morgan fingerprint density at radius 2 is 1.79 bits per heavy atom. The third-order valence-electron chi connectivity index (χ3n) is 6.21. The lowest BCUT2D eigenvalue weighted by Gasteiger charge is -2.34. The minimum Gasteiger partial charge on any atom is -0.331 e. The Labute approximate surface area is 193 Å². The number of carbonyl (C=O) groups is 2. The molecule has 3 aromatic rings. The van der Waals surface area contributed by atoms with Gasteiger partial charge in [-0.25, -0.2) is 4.79 Å². The van der Waals surface area contributed by atoms with Crippen LogP contribution in [-0.2, 0) is 13.1 Å². The average Bonchev–Trinajstić information content (AvgIpc) is 3.34. The third-order valence-corrected chi connectivity index (χ3v) is 8.34. The lowest BCUT2D eigenvalue weighted by atomic mass is 9.99. The molecule has 33 heavy (non-hydrogen) atoms. The highest BCUT2D eigenvalue weighted by Gasteiger charge is 2.45. The number of amides is 2. The van der Waals surface area contributed by atoms with E-state index in [1.165, 1.54) is 6.07 Å². The normalized spacial score (nSPS) is 20.0. The van der Waals surface area contributed by atoms with Crippen molar-refractivity contribution in [2.24, 2.45) is 0 Å². The molecule has 0 aliphatic carbocycles. The van der Waals surface area contributed by atoms with E-state index < -0.39 is 21.9 Å². The summed E-state index contributed by atoms with van der Waals surface area (Å²) >= 11 is 0. The van der Waals surface area contributed by atoms with Crippen molar-refractivity contribution in [1.82, 2.24) is 10.6 Å². The van der Waals surface area contributed by atoms with Crippen molar-refractivity contribution in [1.29, 1.82) is 0 Å². The maximum atomic E-state index is 13.1. The summed E-state index contributed by atoms with van der Waals surface area (Å²) in [5.74, 6) is -0.315. The molecule has 0 radical (unpaired) electrons. The van der Waals surface area contributed by atoms with Gasteiger partial charge in [0.25, 0.3) is 0 Å². The minimum atomic E-state index is -3.43. The maximum Gasteiger partial charge on any atom is 0.319 e.